The lowest BCUT2D eigenvalue weighted by Crippen LogP contribution is -2.48. The summed E-state index contributed by atoms with van der Waals surface area (Å²) in [6, 6.07) is 0. The average molecular weight is 209 g/mol. The van der Waals surface area contributed by atoms with Crippen LogP contribution >= 0.6 is 0 Å². The molecule has 0 aliphatic heterocycles. The Labute approximate surface area is 88.9 Å². The van der Waals surface area contributed by atoms with Gasteiger partial charge in [-0.3, -0.25) is 15.3 Å². The highest BCUT2D eigenvalue weighted by Gasteiger charge is 2.37. The fourth-order valence-corrected chi connectivity index (χ4v) is 1.38. The van der Waals surface area contributed by atoms with Gasteiger partial charge in [0.1, 0.15) is 0 Å². The summed E-state index contributed by atoms with van der Waals surface area (Å²) >= 11 is 0. The van der Waals surface area contributed by atoms with Crippen LogP contribution in [0.1, 0.15) is 19.5 Å². The number of aromatic nitrogens is 2. The molecule has 0 spiro atoms. The minimum atomic E-state index is -0.933. The second-order valence-corrected chi connectivity index (χ2v) is 3.24. The van der Waals surface area contributed by atoms with Gasteiger partial charge in [0.25, 0.3) is 0 Å². The monoisotopic (exact) mass is 209 g/mol. The van der Waals surface area contributed by atoms with Gasteiger partial charge in [-0.1, -0.05) is 6.92 Å². The SMILES string of the molecule is CCNC(C)(C(=O)OC)c1cnccn1. The zero-order chi connectivity index (χ0) is 11.3. The first kappa shape index (κ1) is 11.6. The van der Waals surface area contributed by atoms with Gasteiger partial charge in [0.05, 0.1) is 19.0 Å². The first-order valence-electron chi connectivity index (χ1n) is 4.75. The summed E-state index contributed by atoms with van der Waals surface area (Å²) in [5.74, 6) is -0.371. The van der Waals surface area contributed by atoms with Crippen LogP contribution in [0.5, 0.6) is 0 Å². The van der Waals surface area contributed by atoms with Crippen LogP contribution in [0.15, 0.2) is 18.6 Å². The maximum absolute atomic E-state index is 11.7. The van der Waals surface area contributed by atoms with E-state index in [4.69, 9.17) is 4.74 Å². The number of nitrogens with zero attached hydrogens (tertiary/aromatic N) is 2. The van der Waals surface area contributed by atoms with Crippen molar-refractivity contribution in [3.05, 3.63) is 24.3 Å². The lowest BCUT2D eigenvalue weighted by molar-refractivity contribution is -0.148. The minimum Gasteiger partial charge on any atom is -0.467 e. The van der Waals surface area contributed by atoms with E-state index < -0.39 is 5.54 Å². The minimum absolute atomic E-state index is 0.371. The maximum Gasteiger partial charge on any atom is 0.332 e. The van der Waals surface area contributed by atoms with Crippen molar-refractivity contribution in [2.75, 3.05) is 13.7 Å². The van der Waals surface area contributed by atoms with Crippen LogP contribution in [0.3, 0.4) is 0 Å². The van der Waals surface area contributed by atoms with Crippen molar-refractivity contribution in [1.82, 2.24) is 15.3 Å². The molecule has 0 fully saturated rings. The van der Waals surface area contributed by atoms with E-state index in [0.29, 0.717) is 12.2 Å². The molecule has 0 saturated carbocycles. The number of rotatable bonds is 4. The molecule has 1 N–H and O–H groups in total. The van der Waals surface area contributed by atoms with E-state index in [1.165, 1.54) is 7.11 Å². The van der Waals surface area contributed by atoms with Crippen LogP contribution in [-0.4, -0.2) is 29.6 Å². The van der Waals surface area contributed by atoms with Gasteiger partial charge in [-0.2, -0.15) is 0 Å². The molecule has 5 heteroatoms. The van der Waals surface area contributed by atoms with Crippen molar-refractivity contribution in [2.45, 2.75) is 19.4 Å². The molecule has 0 radical (unpaired) electrons. The number of carbonyl (C=O) groups excluding carboxylic acids is 1. The van der Waals surface area contributed by atoms with Crippen LogP contribution in [0.25, 0.3) is 0 Å². The first-order chi connectivity index (χ1) is 7.15. The molecule has 0 aromatic carbocycles. The Morgan fingerprint density at radius 2 is 2.33 bits per heavy atom. The van der Waals surface area contributed by atoms with Crippen molar-refractivity contribution in [3.8, 4) is 0 Å². The van der Waals surface area contributed by atoms with Crippen LogP contribution < -0.4 is 5.32 Å². The largest absolute Gasteiger partial charge is 0.467 e. The predicted molar refractivity (Wildman–Crippen MR) is 55.1 cm³/mol. The molecule has 1 heterocycles. The van der Waals surface area contributed by atoms with Gasteiger partial charge in [-0.15, -0.1) is 0 Å². The van der Waals surface area contributed by atoms with Gasteiger partial charge >= 0.3 is 5.97 Å². The van der Waals surface area contributed by atoms with E-state index in [-0.39, 0.29) is 5.97 Å². The normalized spacial score (nSPS) is 14.3. The van der Waals surface area contributed by atoms with Gasteiger partial charge in [-0.25, -0.2) is 4.79 Å². The third-order valence-electron chi connectivity index (χ3n) is 2.20. The third-order valence-corrected chi connectivity index (χ3v) is 2.20. The molecular formula is C10H15N3O2. The molecule has 1 unspecified atom stereocenters. The van der Waals surface area contributed by atoms with Crippen molar-refractivity contribution in [1.29, 1.82) is 0 Å². The molecule has 1 aromatic rings. The quantitative estimate of drug-likeness (QED) is 0.730. The van der Waals surface area contributed by atoms with Crippen LogP contribution in [0, 0.1) is 0 Å². The fraction of sp³-hybridized carbons (Fsp3) is 0.500. The van der Waals surface area contributed by atoms with E-state index in [1.807, 2.05) is 6.92 Å². The summed E-state index contributed by atoms with van der Waals surface area (Å²) in [7, 11) is 1.36. The van der Waals surface area contributed by atoms with Crippen molar-refractivity contribution < 1.29 is 9.53 Å². The number of hydrogen-bond donors (Lipinski definition) is 1. The van der Waals surface area contributed by atoms with Crippen LogP contribution in [0.2, 0.25) is 0 Å². The standard InChI is InChI=1S/C10H15N3O2/c1-4-13-10(2,9(14)15-3)8-7-11-5-6-12-8/h5-7,13H,4H2,1-3H3. The number of esters is 1. The summed E-state index contributed by atoms with van der Waals surface area (Å²) in [5, 5.41) is 3.05. The topological polar surface area (TPSA) is 64.1 Å². The Bertz CT molecular complexity index is 329. The van der Waals surface area contributed by atoms with Gasteiger partial charge < -0.3 is 4.74 Å². The number of hydrogen-bond acceptors (Lipinski definition) is 5. The fourth-order valence-electron chi connectivity index (χ4n) is 1.38. The smallest absolute Gasteiger partial charge is 0.332 e. The molecule has 0 bridgehead atoms. The summed E-state index contributed by atoms with van der Waals surface area (Å²) in [4.78, 5) is 19.7. The van der Waals surface area contributed by atoms with Crippen molar-refractivity contribution in [3.63, 3.8) is 0 Å². The van der Waals surface area contributed by atoms with E-state index >= 15 is 0 Å². The molecule has 0 aliphatic carbocycles. The Morgan fingerprint density at radius 1 is 1.60 bits per heavy atom. The van der Waals surface area contributed by atoms with E-state index in [1.54, 1.807) is 25.5 Å². The molecule has 5 nitrogen and oxygen atoms in total. The predicted octanol–water partition coefficient (Wildman–Crippen LogP) is 0.474. The molecule has 1 rings (SSSR count). The van der Waals surface area contributed by atoms with E-state index in [2.05, 4.69) is 15.3 Å². The van der Waals surface area contributed by atoms with Gasteiger partial charge in [0.15, 0.2) is 5.54 Å². The highest BCUT2D eigenvalue weighted by atomic mass is 16.5. The molecular weight excluding hydrogens is 194 g/mol. The lowest BCUT2D eigenvalue weighted by Gasteiger charge is -2.26. The molecule has 15 heavy (non-hydrogen) atoms. The average Bonchev–Trinajstić information content (AvgIpc) is 2.29. The highest BCUT2D eigenvalue weighted by Crippen LogP contribution is 2.18. The summed E-state index contributed by atoms with van der Waals surface area (Å²) < 4.78 is 4.75. The van der Waals surface area contributed by atoms with Crippen LogP contribution in [0.4, 0.5) is 0 Å². The van der Waals surface area contributed by atoms with Crippen molar-refractivity contribution in [2.24, 2.45) is 0 Å². The highest BCUT2D eigenvalue weighted by molar-refractivity contribution is 5.81. The molecule has 1 aromatic heterocycles. The third kappa shape index (κ3) is 2.30. The van der Waals surface area contributed by atoms with Gasteiger partial charge in [0.2, 0.25) is 0 Å². The Kier molecular flexibility index (Phi) is 3.74. The number of nitrogens with one attached hydrogen (secondary N) is 1. The summed E-state index contributed by atoms with van der Waals surface area (Å²) in [6.45, 7) is 4.28. The number of likely N-dealkylation sites (N-methyl/N-ethyl adjacent to an activating group) is 1. The molecule has 0 amide bonds. The summed E-state index contributed by atoms with van der Waals surface area (Å²) in [6.07, 6.45) is 4.67. The van der Waals surface area contributed by atoms with Gasteiger partial charge in [-0.05, 0) is 13.5 Å². The first-order valence-corrected chi connectivity index (χ1v) is 4.75. The maximum atomic E-state index is 11.7. The number of methoxy groups -OCH3 is 1. The zero-order valence-corrected chi connectivity index (χ0v) is 9.15. The number of ether oxygens (including phenoxy) is 1. The number of carbonyl (C=O) groups is 1. The Balaban J connectivity index is 3.06. The molecule has 0 aliphatic rings. The molecule has 1 atom stereocenters. The molecule has 82 valence electrons. The summed E-state index contributed by atoms with van der Waals surface area (Å²) in [5.41, 5.74) is -0.378. The second kappa shape index (κ2) is 4.84. The van der Waals surface area contributed by atoms with E-state index in [9.17, 15) is 4.79 Å². The Hall–Kier alpha value is -1.49. The molecule has 0 saturated heterocycles. The van der Waals surface area contributed by atoms with Crippen molar-refractivity contribution >= 4 is 5.97 Å². The zero-order valence-electron chi connectivity index (χ0n) is 9.15. The van der Waals surface area contributed by atoms with Crippen LogP contribution in [-0.2, 0) is 15.1 Å². The Morgan fingerprint density at radius 3 is 2.80 bits per heavy atom. The van der Waals surface area contributed by atoms with E-state index in [0.717, 1.165) is 0 Å². The second-order valence-electron chi connectivity index (χ2n) is 3.24. The van der Waals surface area contributed by atoms with Gasteiger partial charge in [0, 0.05) is 12.4 Å². The lowest BCUT2D eigenvalue weighted by atomic mass is 9.98.